The lowest BCUT2D eigenvalue weighted by Gasteiger charge is -2.47. The molecule has 8 heteroatoms. The van der Waals surface area contributed by atoms with Crippen LogP contribution in [0.4, 0.5) is 4.39 Å². The molecule has 164 valence electrons. The van der Waals surface area contributed by atoms with Gasteiger partial charge in [-0.1, -0.05) is 0 Å². The van der Waals surface area contributed by atoms with Crippen molar-refractivity contribution in [1.82, 2.24) is 24.8 Å². The van der Waals surface area contributed by atoms with Gasteiger partial charge in [-0.2, -0.15) is 4.98 Å². The van der Waals surface area contributed by atoms with E-state index in [-0.39, 0.29) is 22.9 Å². The predicted octanol–water partition coefficient (Wildman–Crippen LogP) is 4.37. The first-order valence-corrected chi connectivity index (χ1v) is 11.9. The van der Waals surface area contributed by atoms with Gasteiger partial charge in [0.2, 0.25) is 0 Å². The quantitative estimate of drug-likeness (QED) is 0.481. The van der Waals surface area contributed by atoms with E-state index in [1.807, 2.05) is 6.20 Å². The van der Waals surface area contributed by atoms with Crippen LogP contribution in [0.1, 0.15) is 46.6 Å². The average Bonchev–Trinajstić information content (AvgIpc) is 3.11. The molecule has 0 aliphatic carbocycles. The van der Waals surface area contributed by atoms with Crippen molar-refractivity contribution >= 4 is 11.2 Å². The van der Waals surface area contributed by atoms with E-state index in [1.165, 1.54) is 18.5 Å². The zero-order valence-corrected chi connectivity index (χ0v) is 19.3. The molecule has 31 heavy (non-hydrogen) atoms. The Hall–Kier alpha value is -2.29. The Morgan fingerprint density at radius 2 is 1.77 bits per heavy atom. The van der Waals surface area contributed by atoms with Crippen LogP contribution < -0.4 is 5.32 Å². The normalized spacial score (nSPS) is 19.3. The van der Waals surface area contributed by atoms with Gasteiger partial charge in [-0.3, -0.25) is 0 Å². The van der Waals surface area contributed by atoms with E-state index in [2.05, 4.69) is 47.5 Å². The SMILES string of the molecule is C[S+]([O-])c1ncncc1-c1nc(-c2ccc(F)cc2)cn1C1CC(C)(C)NC(C)(C)C1. The maximum absolute atomic E-state index is 13.5. The molecule has 0 spiro atoms. The number of nitrogens with zero attached hydrogens (tertiary/aromatic N) is 4. The molecular weight excluding hydrogens is 413 g/mol. The number of nitrogens with one attached hydrogen (secondary N) is 1. The van der Waals surface area contributed by atoms with Gasteiger partial charge in [0, 0.05) is 46.3 Å². The van der Waals surface area contributed by atoms with E-state index < -0.39 is 11.2 Å². The number of hydrogen-bond acceptors (Lipinski definition) is 5. The molecule has 6 nitrogen and oxygen atoms in total. The maximum atomic E-state index is 13.5. The lowest BCUT2D eigenvalue weighted by molar-refractivity contribution is 0.133. The minimum atomic E-state index is -1.29. The zero-order chi connectivity index (χ0) is 22.4. The topological polar surface area (TPSA) is 78.7 Å². The summed E-state index contributed by atoms with van der Waals surface area (Å²) in [5.74, 6) is 0.397. The first-order chi connectivity index (χ1) is 14.5. The summed E-state index contributed by atoms with van der Waals surface area (Å²) in [6.07, 6.45) is 8.51. The summed E-state index contributed by atoms with van der Waals surface area (Å²) in [6.45, 7) is 8.82. The van der Waals surface area contributed by atoms with E-state index in [0.29, 0.717) is 16.4 Å². The highest BCUT2D eigenvalue weighted by atomic mass is 32.2. The molecule has 1 fully saturated rings. The molecule has 2 aromatic heterocycles. The summed E-state index contributed by atoms with van der Waals surface area (Å²) in [4.78, 5) is 13.3. The molecule has 1 aliphatic rings. The Labute approximate surface area is 185 Å². The van der Waals surface area contributed by atoms with Crippen molar-refractivity contribution in [1.29, 1.82) is 0 Å². The van der Waals surface area contributed by atoms with Gasteiger partial charge in [0.05, 0.1) is 5.69 Å². The number of halogens is 1. The van der Waals surface area contributed by atoms with E-state index in [9.17, 15) is 8.94 Å². The van der Waals surface area contributed by atoms with E-state index in [1.54, 1.807) is 24.6 Å². The summed E-state index contributed by atoms with van der Waals surface area (Å²) in [5.41, 5.74) is 2.10. The van der Waals surface area contributed by atoms with Crippen molar-refractivity contribution in [3.05, 3.63) is 48.8 Å². The van der Waals surface area contributed by atoms with E-state index >= 15 is 0 Å². The zero-order valence-electron chi connectivity index (χ0n) is 18.5. The average molecular weight is 442 g/mol. The summed E-state index contributed by atoms with van der Waals surface area (Å²) < 4.78 is 28.0. The molecule has 3 aromatic rings. The number of imidazole rings is 1. The number of aromatic nitrogens is 4. The Bertz CT molecular complexity index is 1060. The van der Waals surface area contributed by atoms with Crippen LogP contribution in [0.2, 0.25) is 0 Å². The van der Waals surface area contributed by atoms with Crippen molar-refractivity contribution in [2.75, 3.05) is 6.26 Å². The highest BCUT2D eigenvalue weighted by molar-refractivity contribution is 7.90. The molecule has 0 saturated carbocycles. The molecule has 1 aliphatic heterocycles. The van der Waals surface area contributed by atoms with Gasteiger partial charge < -0.3 is 14.4 Å². The van der Waals surface area contributed by atoms with Gasteiger partial charge in [0.15, 0.2) is 0 Å². The molecule has 1 unspecified atom stereocenters. The molecule has 0 amide bonds. The third kappa shape index (κ3) is 4.66. The second kappa shape index (κ2) is 8.00. The largest absolute Gasteiger partial charge is 0.610 e. The Morgan fingerprint density at radius 1 is 1.13 bits per heavy atom. The summed E-state index contributed by atoms with van der Waals surface area (Å²) >= 11 is -1.29. The van der Waals surface area contributed by atoms with Crippen molar-refractivity contribution < 1.29 is 8.94 Å². The van der Waals surface area contributed by atoms with Crippen LogP contribution in [-0.4, -0.2) is 41.4 Å². The van der Waals surface area contributed by atoms with Gasteiger partial charge >= 0.3 is 0 Å². The van der Waals surface area contributed by atoms with E-state index in [4.69, 9.17) is 4.98 Å². The minimum absolute atomic E-state index is 0.0619. The fourth-order valence-electron chi connectivity index (χ4n) is 4.80. The third-order valence-electron chi connectivity index (χ3n) is 5.62. The van der Waals surface area contributed by atoms with Crippen LogP contribution in [-0.2, 0) is 11.2 Å². The molecule has 1 aromatic carbocycles. The molecule has 0 radical (unpaired) electrons. The fraction of sp³-hybridized carbons (Fsp3) is 0.435. The van der Waals surface area contributed by atoms with Crippen molar-refractivity contribution in [2.45, 2.75) is 62.7 Å². The highest BCUT2D eigenvalue weighted by Gasteiger charge is 2.39. The molecule has 1 atom stereocenters. The Kier molecular flexibility index (Phi) is 5.66. The van der Waals surface area contributed by atoms with Crippen molar-refractivity contribution in [2.24, 2.45) is 0 Å². The monoisotopic (exact) mass is 441 g/mol. The molecular formula is C23H28FN5OS. The van der Waals surface area contributed by atoms with Crippen LogP contribution in [0.3, 0.4) is 0 Å². The number of piperidine rings is 1. The fourth-order valence-corrected chi connectivity index (χ4v) is 5.45. The maximum Gasteiger partial charge on any atom is 0.258 e. The first-order valence-electron chi connectivity index (χ1n) is 10.3. The lowest BCUT2D eigenvalue weighted by atomic mass is 9.79. The second-order valence-corrected chi connectivity index (χ2v) is 10.8. The van der Waals surface area contributed by atoms with Crippen molar-refractivity contribution in [3.8, 4) is 22.6 Å². The molecule has 0 bridgehead atoms. The smallest absolute Gasteiger partial charge is 0.258 e. The first kappa shape index (κ1) is 21.9. The van der Waals surface area contributed by atoms with Crippen LogP contribution >= 0.6 is 0 Å². The standard InChI is InChI=1S/C23H28FN5OS/c1-22(2)10-17(11-23(3,4)28-22)29-13-19(15-6-8-16(24)9-7-15)27-20(29)18-12-25-14-26-21(18)31(5)30/h6-9,12-14,17,28H,10-11H2,1-5H3. The van der Waals surface area contributed by atoms with Gasteiger partial charge in [-0.15, -0.1) is 0 Å². The Balaban J connectivity index is 1.88. The third-order valence-corrected chi connectivity index (χ3v) is 6.49. The van der Waals surface area contributed by atoms with Gasteiger partial charge in [0.1, 0.15) is 29.8 Å². The van der Waals surface area contributed by atoms with Crippen LogP contribution in [0.25, 0.3) is 22.6 Å². The van der Waals surface area contributed by atoms with Crippen LogP contribution in [0.15, 0.2) is 48.0 Å². The van der Waals surface area contributed by atoms with Crippen LogP contribution in [0.5, 0.6) is 0 Å². The Morgan fingerprint density at radius 3 is 2.39 bits per heavy atom. The number of benzene rings is 1. The van der Waals surface area contributed by atoms with Gasteiger partial charge in [0.25, 0.3) is 5.03 Å². The highest BCUT2D eigenvalue weighted by Crippen LogP contribution is 2.40. The summed E-state index contributed by atoms with van der Waals surface area (Å²) in [5, 5.41) is 4.17. The van der Waals surface area contributed by atoms with Crippen molar-refractivity contribution in [3.63, 3.8) is 0 Å². The van der Waals surface area contributed by atoms with Gasteiger partial charge in [-0.05, 0) is 64.8 Å². The minimum Gasteiger partial charge on any atom is -0.610 e. The summed E-state index contributed by atoms with van der Waals surface area (Å²) in [6, 6.07) is 6.48. The number of hydrogen-bond donors (Lipinski definition) is 1. The van der Waals surface area contributed by atoms with Crippen LogP contribution in [0, 0.1) is 5.82 Å². The molecule has 4 rings (SSSR count). The lowest BCUT2D eigenvalue weighted by Crippen LogP contribution is -2.57. The number of rotatable bonds is 4. The molecule has 3 heterocycles. The summed E-state index contributed by atoms with van der Waals surface area (Å²) in [7, 11) is 0. The second-order valence-electron chi connectivity index (χ2n) is 9.51. The van der Waals surface area contributed by atoms with E-state index in [0.717, 1.165) is 24.1 Å². The predicted molar refractivity (Wildman–Crippen MR) is 121 cm³/mol. The van der Waals surface area contributed by atoms with Gasteiger partial charge in [-0.25, -0.2) is 14.4 Å². The molecule has 1 N–H and O–H groups in total. The molecule has 1 saturated heterocycles.